The minimum absolute atomic E-state index is 0.178. The summed E-state index contributed by atoms with van der Waals surface area (Å²) >= 11 is 0. The maximum Gasteiger partial charge on any atom is 0.303 e. The van der Waals surface area contributed by atoms with E-state index in [9.17, 15) is 4.79 Å². The molecule has 0 radical (unpaired) electrons. The SMILES string of the molecule is C=C[C@@H](CCc1ccccc1)OC(C)=O. The summed E-state index contributed by atoms with van der Waals surface area (Å²) < 4.78 is 5.06. The molecule has 0 bridgehead atoms. The summed E-state index contributed by atoms with van der Waals surface area (Å²) in [5.41, 5.74) is 1.25. The quantitative estimate of drug-likeness (QED) is 0.544. The minimum Gasteiger partial charge on any atom is -0.458 e. The van der Waals surface area contributed by atoms with Crippen molar-refractivity contribution < 1.29 is 9.53 Å². The van der Waals surface area contributed by atoms with Crippen molar-refractivity contribution in [3.8, 4) is 0 Å². The molecule has 0 aliphatic heterocycles. The van der Waals surface area contributed by atoms with Gasteiger partial charge in [-0.25, -0.2) is 0 Å². The third-order valence-electron chi connectivity index (χ3n) is 2.14. The second-order valence-electron chi connectivity index (χ2n) is 3.41. The second kappa shape index (κ2) is 6.02. The van der Waals surface area contributed by atoms with E-state index in [1.54, 1.807) is 6.08 Å². The lowest BCUT2D eigenvalue weighted by Gasteiger charge is -2.12. The number of carbonyl (C=O) groups excluding carboxylic acids is 1. The van der Waals surface area contributed by atoms with Gasteiger partial charge < -0.3 is 4.74 Å². The van der Waals surface area contributed by atoms with Crippen molar-refractivity contribution in [2.24, 2.45) is 0 Å². The van der Waals surface area contributed by atoms with Gasteiger partial charge in [0, 0.05) is 6.92 Å². The van der Waals surface area contributed by atoms with Crippen LogP contribution in [0.25, 0.3) is 0 Å². The Hall–Kier alpha value is -1.57. The number of benzene rings is 1. The minimum atomic E-state index is -0.257. The van der Waals surface area contributed by atoms with Gasteiger partial charge in [0.1, 0.15) is 6.10 Å². The number of hydrogen-bond donors (Lipinski definition) is 0. The van der Waals surface area contributed by atoms with Crippen LogP contribution in [0, 0.1) is 0 Å². The molecule has 0 fully saturated rings. The molecule has 15 heavy (non-hydrogen) atoms. The van der Waals surface area contributed by atoms with Gasteiger partial charge in [0.05, 0.1) is 0 Å². The fourth-order valence-corrected chi connectivity index (χ4v) is 1.39. The molecule has 0 aromatic heterocycles. The Morgan fingerprint density at radius 2 is 2.13 bits per heavy atom. The zero-order valence-corrected chi connectivity index (χ0v) is 8.98. The molecule has 1 rings (SSSR count). The van der Waals surface area contributed by atoms with Crippen LogP contribution in [0.2, 0.25) is 0 Å². The first-order valence-electron chi connectivity index (χ1n) is 5.06. The highest BCUT2D eigenvalue weighted by Gasteiger charge is 2.07. The highest BCUT2D eigenvalue weighted by Crippen LogP contribution is 2.08. The maximum absolute atomic E-state index is 10.8. The molecular formula is C13H16O2. The number of carbonyl (C=O) groups is 1. The predicted octanol–water partition coefficient (Wildman–Crippen LogP) is 2.74. The summed E-state index contributed by atoms with van der Waals surface area (Å²) in [5, 5.41) is 0. The van der Waals surface area contributed by atoms with Gasteiger partial charge >= 0.3 is 5.97 Å². The first-order valence-corrected chi connectivity index (χ1v) is 5.06. The summed E-state index contributed by atoms with van der Waals surface area (Å²) in [6.07, 6.45) is 3.17. The largest absolute Gasteiger partial charge is 0.458 e. The predicted molar refractivity (Wildman–Crippen MR) is 60.5 cm³/mol. The highest BCUT2D eigenvalue weighted by atomic mass is 16.5. The molecule has 0 aliphatic carbocycles. The van der Waals surface area contributed by atoms with Crippen LogP contribution in [-0.2, 0) is 16.0 Å². The van der Waals surface area contributed by atoms with Gasteiger partial charge in [-0.05, 0) is 18.4 Å². The van der Waals surface area contributed by atoms with Crippen molar-refractivity contribution in [3.63, 3.8) is 0 Å². The fraction of sp³-hybridized carbons (Fsp3) is 0.308. The first-order chi connectivity index (χ1) is 7.22. The van der Waals surface area contributed by atoms with Gasteiger partial charge in [0.2, 0.25) is 0 Å². The van der Waals surface area contributed by atoms with E-state index in [0.29, 0.717) is 0 Å². The monoisotopic (exact) mass is 204 g/mol. The molecule has 0 saturated carbocycles. The van der Waals surface area contributed by atoms with Crippen LogP contribution in [0.1, 0.15) is 18.9 Å². The Bertz CT molecular complexity index is 317. The van der Waals surface area contributed by atoms with E-state index in [0.717, 1.165) is 12.8 Å². The molecule has 1 aromatic carbocycles. The summed E-state index contributed by atoms with van der Waals surface area (Å²) in [5.74, 6) is -0.257. The lowest BCUT2D eigenvalue weighted by molar-refractivity contribution is -0.144. The van der Waals surface area contributed by atoms with Crippen LogP contribution in [0.3, 0.4) is 0 Å². The molecule has 0 saturated heterocycles. The van der Waals surface area contributed by atoms with Crippen LogP contribution in [-0.4, -0.2) is 12.1 Å². The van der Waals surface area contributed by atoms with Crippen LogP contribution in [0.5, 0.6) is 0 Å². The van der Waals surface area contributed by atoms with Gasteiger partial charge in [-0.1, -0.05) is 43.0 Å². The number of esters is 1. The van der Waals surface area contributed by atoms with Crippen molar-refractivity contribution in [2.45, 2.75) is 25.9 Å². The molecule has 2 nitrogen and oxygen atoms in total. The van der Waals surface area contributed by atoms with Crippen molar-refractivity contribution in [1.82, 2.24) is 0 Å². The van der Waals surface area contributed by atoms with Gasteiger partial charge in [-0.3, -0.25) is 4.79 Å². The van der Waals surface area contributed by atoms with E-state index in [1.807, 2.05) is 18.2 Å². The fourth-order valence-electron chi connectivity index (χ4n) is 1.39. The number of rotatable bonds is 5. The van der Waals surface area contributed by atoms with E-state index in [4.69, 9.17) is 4.74 Å². The summed E-state index contributed by atoms with van der Waals surface area (Å²) in [4.78, 5) is 10.8. The smallest absolute Gasteiger partial charge is 0.303 e. The average Bonchev–Trinajstić information content (AvgIpc) is 2.25. The van der Waals surface area contributed by atoms with Crippen LogP contribution >= 0.6 is 0 Å². The molecule has 0 N–H and O–H groups in total. The van der Waals surface area contributed by atoms with E-state index in [2.05, 4.69) is 18.7 Å². The van der Waals surface area contributed by atoms with E-state index >= 15 is 0 Å². The van der Waals surface area contributed by atoms with Crippen molar-refractivity contribution in [3.05, 3.63) is 48.6 Å². The lowest BCUT2D eigenvalue weighted by Crippen LogP contribution is -2.14. The van der Waals surface area contributed by atoms with Gasteiger partial charge in [0.15, 0.2) is 0 Å². The van der Waals surface area contributed by atoms with E-state index < -0.39 is 0 Å². The molecule has 0 aliphatic rings. The highest BCUT2D eigenvalue weighted by molar-refractivity contribution is 5.66. The average molecular weight is 204 g/mol. The third-order valence-corrected chi connectivity index (χ3v) is 2.14. The van der Waals surface area contributed by atoms with Gasteiger partial charge in [-0.15, -0.1) is 0 Å². The summed E-state index contributed by atoms with van der Waals surface area (Å²) in [6, 6.07) is 10.1. The third kappa shape index (κ3) is 4.45. The van der Waals surface area contributed by atoms with Gasteiger partial charge in [-0.2, -0.15) is 0 Å². The topological polar surface area (TPSA) is 26.3 Å². The molecule has 1 aromatic rings. The lowest BCUT2D eigenvalue weighted by atomic mass is 10.1. The zero-order chi connectivity index (χ0) is 11.1. The molecule has 1 atom stereocenters. The van der Waals surface area contributed by atoms with Crippen molar-refractivity contribution in [2.75, 3.05) is 0 Å². The van der Waals surface area contributed by atoms with Crippen LogP contribution in [0.15, 0.2) is 43.0 Å². The Morgan fingerprint density at radius 1 is 1.47 bits per heavy atom. The molecule has 0 spiro atoms. The van der Waals surface area contributed by atoms with E-state index in [-0.39, 0.29) is 12.1 Å². The summed E-state index contributed by atoms with van der Waals surface area (Å²) in [7, 11) is 0. The summed E-state index contributed by atoms with van der Waals surface area (Å²) in [6.45, 7) is 5.06. The van der Waals surface area contributed by atoms with Crippen molar-refractivity contribution in [1.29, 1.82) is 0 Å². The Balaban J connectivity index is 2.41. The zero-order valence-electron chi connectivity index (χ0n) is 8.98. The maximum atomic E-state index is 10.8. The molecule has 2 heteroatoms. The number of ether oxygens (including phenoxy) is 1. The molecule has 0 unspecified atom stereocenters. The molecule has 0 amide bonds. The Labute approximate surface area is 90.6 Å². The molecule has 80 valence electrons. The Morgan fingerprint density at radius 3 is 2.67 bits per heavy atom. The normalized spacial score (nSPS) is 11.8. The number of aryl methyl sites for hydroxylation is 1. The van der Waals surface area contributed by atoms with Gasteiger partial charge in [0.25, 0.3) is 0 Å². The van der Waals surface area contributed by atoms with Crippen molar-refractivity contribution >= 4 is 5.97 Å². The Kier molecular flexibility index (Phi) is 4.61. The number of hydrogen-bond acceptors (Lipinski definition) is 2. The molecule has 0 heterocycles. The molecular weight excluding hydrogens is 188 g/mol. The van der Waals surface area contributed by atoms with E-state index in [1.165, 1.54) is 12.5 Å². The second-order valence-corrected chi connectivity index (χ2v) is 3.41. The van der Waals surface area contributed by atoms with Crippen LogP contribution in [0.4, 0.5) is 0 Å². The standard InChI is InChI=1S/C13H16O2/c1-3-13(15-11(2)14)10-9-12-7-5-4-6-8-12/h3-8,13H,1,9-10H2,2H3/t13-/m0/s1. The first kappa shape index (κ1) is 11.5. The van der Waals surface area contributed by atoms with Crippen LogP contribution < -0.4 is 0 Å².